The van der Waals surface area contributed by atoms with Gasteiger partial charge in [0.2, 0.25) is 0 Å². The maximum absolute atomic E-state index is 6.40. The molecule has 0 unspecified atom stereocenters. The van der Waals surface area contributed by atoms with Gasteiger partial charge < -0.3 is 13.6 Å². The number of hydrogen-bond donors (Lipinski definition) is 0. The van der Waals surface area contributed by atoms with E-state index < -0.39 is 0 Å². The third-order valence-corrected chi connectivity index (χ3v) is 12.0. The molecule has 0 radical (unpaired) electrons. The standard InChI is InChI=1S/C55H36N2O/c1-35-15-17-38(18-16-35)41-21-27-45-49-32-40(23-30-52(49)57(53(45)33-41)43-26-28-47-46-12-6-8-14-54(46)58-55(47)34-43)39-22-29-51-48(31-39)44-11-5-7-13-50(44)56(51)42-24-19-37(20-25-42)36-9-3-2-4-10-36/h2-34H,1H3. The van der Waals surface area contributed by atoms with E-state index in [4.69, 9.17) is 4.42 Å². The first kappa shape index (κ1) is 32.6. The van der Waals surface area contributed by atoms with Crippen LogP contribution in [0.1, 0.15) is 5.56 Å². The number of aromatic nitrogens is 2. The number of benzene rings is 9. The van der Waals surface area contributed by atoms with Crippen molar-refractivity contribution in [2.24, 2.45) is 0 Å². The van der Waals surface area contributed by atoms with Crippen molar-refractivity contribution in [1.82, 2.24) is 9.13 Å². The first-order chi connectivity index (χ1) is 28.6. The van der Waals surface area contributed by atoms with Crippen molar-refractivity contribution in [3.05, 3.63) is 206 Å². The molecule has 0 spiro atoms. The minimum atomic E-state index is 0.889. The molecular formula is C55H36N2O. The Morgan fingerprint density at radius 1 is 0.293 bits per heavy atom. The fraction of sp³-hybridized carbons (Fsp3) is 0.0182. The molecule has 0 bridgehead atoms. The maximum Gasteiger partial charge on any atom is 0.137 e. The molecule has 0 fully saturated rings. The van der Waals surface area contributed by atoms with Crippen LogP contribution in [0.3, 0.4) is 0 Å². The molecule has 0 saturated carbocycles. The average molecular weight is 741 g/mol. The summed E-state index contributed by atoms with van der Waals surface area (Å²) >= 11 is 0. The summed E-state index contributed by atoms with van der Waals surface area (Å²) in [6, 6.07) is 72.8. The summed E-state index contributed by atoms with van der Waals surface area (Å²) in [7, 11) is 0. The third-order valence-electron chi connectivity index (χ3n) is 12.0. The largest absolute Gasteiger partial charge is 0.456 e. The molecule has 272 valence electrons. The molecule has 0 saturated heterocycles. The highest BCUT2D eigenvalue weighted by atomic mass is 16.3. The Balaban J connectivity index is 1.02. The van der Waals surface area contributed by atoms with Gasteiger partial charge in [0.1, 0.15) is 11.2 Å². The van der Waals surface area contributed by atoms with Crippen molar-refractivity contribution < 1.29 is 4.42 Å². The van der Waals surface area contributed by atoms with Crippen molar-refractivity contribution in [2.45, 2.75) is 6.92 Å². The van der Waals surface area contributed by atoms with E-state index in [1.807, 2.05) is 12.1 Å². The predicted octanol–water partition coefficient (Wildman–Crippen LogP) is 15.1. The topological polar surface area (TPSA) is 23.0 Å². The van der Waals surface area contributed by atoms with Crippen LogP contribution in [0, 0.1) is 6.92 Å². The Bertz CT molecular complexity index is 3550. The molecular weight excluding hydrogens is 705 g/mol. The van der Waals surface area contributed by atoms with Crippen LogP contribution in [-0.2, 0) is 0 Å². The van der Waals surface area contributed by atoms with Gasteiger partial charge in [-0.2, -0.15) is 0 Å². The summed E-state index contributed by atoms with van der Waals surface area (Å²) < 4.78 is 11.2. The van der Waals surface area contributed by atoms with E-state index in [9.17, 15) is 0 Å². The van der Waals surface area contributed by atoms with E-state index in [2.05, 4.69) is 204 Å². The summed E-state index contributed by atoms with van der Waals surface area (Å²) in [5.74, 6) is 0. The van der Waals surface area contributed by atoms with Crippen LogP contribution < -0.4 is 0 Å². The molecule has 0 aliphatic heterocycles. The second kappa shape index (κ2) is 12.7. The molecule has 12 rings (SSSR count). The first-order valence-electron chi connectivity index (χ1n) is 19.9. The van der Waals surface area contributed by atoms with Crippen LogP contribution >= 0.6 is 0 Å². The van der Waals surface area contributed by atoms with Crippen LogP contribution in [0.15, 0.2) is 205 Å². The van der Waals surface area contributed by atoms with E-state index in [0.29, 0.717) is 0 Å². The van der Waals surface area contributed by atoms with E-state index >= 15 is 0 Å². The Morgan fingerprint density at radius 2 is 0.776 bits per heavy atom. The smallest absolute Gasteiger partial charge is 0.137 e. The van der Waals surface area contributed by atoms with E-state index in [1.165, 1.54) is 71.5 Å². The van der Waals surface area contributed by atoms with E-state index in [0.717, 1.165) is 44.3 Å². The van der Waals surface area contributed by atoms with Gasteiger partial charge in [-0.15, -0.1) is 0 Å². The fourth-order valence-corrected chi connectivity index (χ4v) is 9.12. The van der Waals surface area contributed by atoms with Gasteiger partial charge >= 0.3 is 0 Å². The molecule has 3 aromatic heterocycles. The molecule has 3 nitrogen and oxygen atoms in total. The molecule has 0 aliphatic carbocycles. The number of hydrogen-bond acceptors (Lipinski definition) is 1. The number of fused-ring (bicyclic) bond motifs is 9. The van der Waals surface area contributed by atoms with Crippen LogP contribution in [-0.4, -0.2) is 9.13 Å². The molecule has 12 aromatic rings. The average Bonchev–Trinajstić information content (AvgIpc) is 3.93. The van der Waals surface area contributed by atoms with Crippen LogP contribution in [0.2, 0.25) is 0 Å². The Labute approximate surface area is 335 Å². The summed E-state index contributed by atoms with van der Waals surface area (Å²) in [4.78, 5) is 0. The highest BCUT2D eigenvalue weighted by Crippen LogP contribution is 2.40. The second-order valence-electron chi connectivity index (χ2n) is 15.4. The minimum absolute atomic E-state index is 0.889. The zero-order chi connectivity index (χ0) is 38.3. The number of furan rings is 1. The molecule has 3 heterocycles. The third kappa shape index (κ3) is 5.07. The van der Waals surface area contributed by atoms with Gasteiger partial charge in [-0.05, 0) is 107 Å². The molecule has 3 heteroatoms. The van der Waals surface area contributed by atoms with Crippen molar-refractivity contribution in [2.75, 3.05) is 0 Å². The van der Waals surface area contributed by atoms with Crippen LogP contribution in [0.25, 0.3) is 110 Å². The molecule has 9 aromatic carbocycles. The van der Waals surface area contributed by atoms with Crippen molar-refractivity contribution in [3.8, 4) is 44.8 Å². The van der Waals surface area contributed by atoms with Crippen molar-refractivity contribution in [3.63, 3.8) is 0 Å². The SMILES string of the molecule is Cc1ccc(-c2ccc3c4cc(-c5ccc6c(c5)c5ccccc5n6-c5ccc(-c6ccccc6)cc5)ccc4n(-c4ccc5c(c4)oc4ccccc45)c3c2)cc1. The molecule has 58 heavy (non-hydrogen) atoms. The monoisotopic (exact) mass is 740 g/mol. The normalized spacial score (nSPS) is 11.9. The Morgan fingerprint density at radius 3 is 1.53 bits per heavy atom. The number of nitrogens with zero attached hydrogens (tertiary/aromatic N) is 2. The lowest BCUT2D eigenvalue weighted by molar-refractivity contribution is 0.668. The summed E-state index contributed by atoms with van der Waals surface area (Å²) in [6.07, 6.45) is 0. The predicted molar refractivity (Wildman–Crippen MR) is 243 cm³/mol. The van der Waals surface area contributed by atoms with Crippen molar-refractivity contribution in [1.29, 1.82) is 0 Å². The quantitative estimate of drug-likeness (QED) is 0.172. The second-order valence-corrected chi connectivity index (χ2v) is 15.4. The molecule has 0 aliphatic rings. The first-order valence-corrected chi connectivity index (χ1v) is 19.9. The minimum Gasteiger partial charge on any atom is -0.456 e. The van der Waals surface area contributed by atoms with E-state index in [1.54, 1.807) is 0 Å². The lowest BCUT2D eigenvalue weighted by Crippen LogP contribution is -1.94. The Kier molecular flexibility index (Phi) is 7.14. The highest BCUT2D eigenvalue weighted by Gasteiger charge is 2.18. The highest BCUT2D eigenvalue weighted by molar-refractivity contribution is 6.14. The van der Waals surface area contributed by atoms with Gasteiger partial charge in [0, 0.05) is 49.8 Å². The number of rotatable bonds is 5. The molecule has 0 N–H and O–H groups in total. The molecule has 0 amide bonds. The van der Waals surface area contributed by atoms with Gasteiger partial charge in [0.05, 0.1) is 22.1 Å². The summed E-state index contributed by atoms with van der Waals surface area (Å²) in [5.41, 5.74) is 17.2. The zero-order valence-electron chi connectivity index (χ0n) is 31.9. The summed E-state index contributed by atoms with van der Waals surface area (Å²) in [5, 5.41) is 7.18. The van der Waals surface area contributed by atoms with Gasteiger partial charge in [-0.25, -0.2) is 0 Å². The lowest BCUT2D eigenvalue weighted by atomic mass is 9.99. The number of para-hydroxylation sites is 2. The lowest BCUT2D eigenvalue weighted by Gasteiger charge is -2.10. The van der Waals surface area contributed by atoms with E-state index in [-0.39, 0.29) is 0 Å². The zero-order valence-corrected chi connectivity index (χ0v) is 31.9. The van der Waals surface area contributed by atoms with Crippen LogP contribution in [0.4, 0.5) is 0 Å². The maximum atomic E-state index is 6.40. The molecule has 0 atom stereocenters. The van der Waals surface area contributed by atoms with Crippen molar-refractivity contribution >= 4 is 65.6 Å². The van der Waals surface area contributed by atoms with Gasteiger partial charge in [0.15, 0.2) is 0 Å². The van der Waals surface area contributed by atoms with Gasteiger partial charge in [0.25, 0.3) is 0 Å². The summed E-state index contributed by atoms with van der Waals surface area (Å²) in [6.45, 7) is 2.14. The fourth-order valence-electron chi connectivity index (χ4n) is 9.12. The Hall–Kier alpha value is -7.62. The van der Waals surface area contributed by atoms with Gasteiger partial charge in [-0.3, -0.25) is 0 Å². The number of aryl methyl sites for hydroxylation is 1. The van der Waals surface area contributed by atoms with Crippen LogP contribution in [0.5, 0.6) is 0 Å². The van der Waals surface area contributed by atoms with Gasteiger partial charge in [-0.1, -0.05) is 133 Å².